The van der Waals surface area contributed by atoms with Crippen molar-refractivity contribution < 1.29 is 34.8 Å². The van der Waals surface area contributed by atoms with Crippen molar-refractivity contribution >= 4 is 34.8 Å². The maximum absolute atomic E-state index is 13.9. The molecule has 1 fully saturated rings. The number of ketones is 2. The van der Waals surface area contributed by atoms with Crippen LogP contribution in [0.3, 0.4) is 0 Å². The molecule has 4 atom stereocenters. The fourth-order valence-corrected chi connectivity index (χ4v) is 6.63. The number of carbonyl (C=O) groups excluding carboxylic acids is 3. The van der Waals surface area contributed by atoms with Crippen LogP contribution in [0, 0.1) is 11.8 Å². The number of rotatable bonds is 4. The molecule has 6 N–H and O–H groups in total. The smallest absolute Gasteiger partial charge is 0.255 e. The quantitative estimate of drug-likeness (QED) is 0.282. The Balaban J connectivity index is 1.67. The second-order valence-electron chi connectivity index (χ2n) is 10.3. The molecule has 0 bridgehead atoms. The Morgan fingerprint density at radius 1 is 1.22 bits per heavy atom. The lowest BCUT2D eigenvalue weighted by molar-refractivity contribution is -0.153. The molecule has 37 heavy (non-hydrogen) atoms. The zero-order valence-electron chi connectivity index (χ0n) is 20.4. The molecule has 1 aromatic carbocycles. The zero-order valence-corrected chi connectivity index (χ0v) is 21.1. The maximum Gasteiger partial charge on any atom is 0.255 e. The van der Waals surface area contributed by atoms with Gasteiger partial charge in [0, 0.05) is 41.7 Å². The van der Waals surface area contributed by atoms with Crippen LogP contribution in [0.5, 0.6) is 5.75 Å². The van der Waals surface area contributed by atoms with Gasteiger partial charge in [0.05, 0.1) is 11.6 Å². The van der Waals surface area contributed by atoms with E-state index in [1.165, 1.54) is 4.90 Å². The molecule has 0 saturated heterocycles. The number of carbonyl (C=O) groups is 3. The number of primary amides is 1. The van der Waals surface area contributed by atoms with Crippen LogP contribution in [-0.2, 0) is 27.3 Å². The molecule has 0 aromatic heterocycles. The molecule has 4 aliphatic rings. The van der Waals surface area contributed by atoms with Gasteiger partial charge in [-0.1, -0.05) is 23.8 Å². The van der Waals surface area contributed by atoms with Crippen molar-refractivity contribution in [2.75, 3.05) is 27.2 Å². The molecular formula is C26H28ClN3O7. The van der Waals surface area contributed by atoms with Gasteiger partial charge in [-0.05, 0) is 44.5 Å². The summed E-state index contributed by atoms with van der Waals surface area (Å²) in [5.41, 5.74) is 2.57. The van der Waals surface area contributed by atoms with Gasteiger partial charge < -0.3 is 26.2 Å². The lowest BCUT2D eigenvalue weighted by Gasteiger charge is -2.50. The summed E-state index contributed by atoms with van der Waals surface area (Å²) >= 11 is 6.61. The van der Waals surface area contributed by atoms with Crippen LogP contribution in [0.2, 0.25) is 5.02 Å². The monoisotopic (exact) mass is 529 g/mol. The molecule has 2 unspecified atom stereocenters. The molecule has 0 spiro atoms. The molecule has 5 rings (SSSR count). The summed E-state index contributed by atoms with van der Waals surface area (Å²) in [6.45, 7) is 1.74. The number of halogens is 1. The first-order valence-electron chi connectivity index (χ1n) is 11.9. The van der Waals surface area contributed by atoms with Crippen molar-refractivity contribution in [3.05, 3.63) is 56.8 Å². The van der Waals surface area contributed by atoms with E-state index in [-0.39, 0.29) is 29.7 Å². The maximum atomic E-state index is 13.9. The number of amides is 1. The van der Waals surface area contributed by atoms with Crippen molar-refractivity contribution in [3.63, 3.8) is 0 Å². The lowest BCUT2D eigenvalue weighted by atomic mass is 9.57. The van der Waals surface area contributed by atoms with Gasteiger partial charge in [-0.15, -0.1) is 0 Å². The molecule has 10 nitrogen and oxygen atoms in total. The fourth-order valence-electron chi connectivity index (χ4n) is 6.33. The third-order valence-electron chi connectivity index (χ3n) is 8.03. The van der Waals surface area contributed by atoms with Crippen LogP contribution in [0.25, 0.3) is 5.76 Å². The highest BCUT2D eigenvalue weighted by Gasteiger charge is 2.64. The number of aliphatic hydroxyl groups is 3. The first-order valence-corrected chi connectivity index (χ1v) is 12.3. The third kappa shape index (κ3) is 3.54. The van der Waals surface area contributed by atoms with Crippen LogP contribution in [0.4, 0.5) is 0 Å². The summed E-state index contributed by atoms with van der Waals surface area (Å²) in [6.07, 6.45) is 4.17. The number of phenolic OH excluding ortho intramolecular Hbond substituents is 1. The molecule has 0 radical (unpaired) electrons. The Morgan fingerprint density at radius 2 is 1.86 bits per heavy atom. The summed E-state index contributed by atoms with van der Waals surface area (Å²) in [4.78, 5) is 42.6. The van der Waals surface area contributed by atoms with E-state index in [4.69, 9.17) is 17.3 Å². The minimum absolute atomic E-state index is 0.00551. The highest BCUT2D eigenvalue weighted by atomic mass is 35.5. The highest BCUT2D eigenvalue weighted by Crippen LogP contribution is 2.53. The van der Waals surface area contributed by atoms with Crippen LogP contribution >= 0.6 is 11.6 Å². The van der Waals surface area contributed by atoms with E-state index in [1.807, 2.05) is 17.1 Å². The number of aliphatic hydroxyl groups excluding tert-OH is 2. The van der Waals surface area contributed by atoms with E-state index in [0.29, 0.717) is 35.8 Å². The second kappa shape index (κ2) is 8.70. The third-order valence-corrected chi connectivity index (χ3v) is 8.37. The Hall–Kier alpha value is -3.18. The van der Waals surface area contributed by atoms with E-state index >= 15 is 0 Å². The molecule has 1 aliphatic heterocycles. The number of hydrogen-bond donors (Lipinski definition) is 5. The topological polar surface area (TPSA) is 165 Å². The van der Waals surface area contributed by atoms with E-state index in [9.17, 15) is 34.8 Å². The summed E-state index contributed by atoms with van der Waals surface area (Å²) in [6, 6.07) is 0.520. The molecule has 3 aliphatic carbocycles. The minimum atomic E-state index is -2.66. The molecule has 1 saturated carbocycles. The zero-order chi connectivity index (χ0) is 27.0. The van der Waals surface area contributed by atoms with Gasteiger partial charge in [0.15, 0.2) is 11.4 Å². The number of hydrogen-bond acceptors (Lipinski definition) is 9. The molecule has 1 aromatic rings. The number of nitrogens with two attached hydrogens (primary N) is 1. The Morgan fingerprint density at radius 3 is 2.46 bits per heavy atom. The van der Waals surface area contributed by atoms with Gasteiger partial charge in [0.25, 0.3) is 5.91 Å². The minimum Gasteiger partial charge on any atom is -0.508 e. The van der Waals surface area contributed by atoms with Gasteiger partial charge >= 0.3 is 0 Å². The molecule has 1 heterocycles. The molecule has 11 heteroatoms. The normalized spacial score (nSPS) is 29.6. The van der Waals surface area contributed by atoms with Crippen LogP contribution < -0.4 is 5.73 Å². The number of nitrogens with zero attached hydrogens (tertiary/aromatic N) is 2. The van der Waals surface area contributed by atoms with Gasteiger partial charge in [0.2, 0.25) is 5.78 Å². The van der Waals surface area contributed by atoms with Crippen molar-refractivity contribution in [1.29, 1.82) is 0 Å². The summed E-state index contributed by atoms with van der Waals surface area (Å²) in [7, 11) is 3.11. The molecule has 1 amide bonds. The van der Waals surface area contributed by atoms with E-state index in [2.05, 4.69) is 0 Å². The second-order valence-corrected chi connectivity index (χ2v) is 10.8. The molecular weight excluding hydrogens is 502 g/mol. The Bertz CT molecular complexity index is 1340. The number of fused-ring (bicyclic) bond motifs is 3. The van der Waals surface area contributed by atoms with Crippen molar-refractivity contribution in [3.8, 4) is 5.75 Å². The van der Waals surface area contributed by atoms with Gasteiger partial charge in [-0.3, -0.25) is 24.2 Å². The average Bonchev–Trinajstić information content (AvgIpc) is 3.32. The van der Waals surface area contributed by atoms with Crippen LogP contribution in [0.1, 0.15) is 23.1 Å². The summed E-state index contributed by atoms with van der Waals surface area (Å²) in [5, 5.41) is 45.4. The fraction of sp³-hybridized carbons (Fsp3) is 0.423. The summed E-state index contributed by atoms with van der Waals surface area (Å²) < 4.78 is 0. The van der Waals surface area contributed by atoms with Crippen molar-refractivity contribution in [2.24, 2.45) is 17.6 Å². The van der Waals surface area contributed by atoms with Crippen LogP contribution in [0.15, 0.2) is 35.1 Å². The van der Waals surface area contributed by atoms with Gasteiger partial charge in [0.1, 0.15) is 22.8 Å². The number of phenols is 1. The van der Waals surface area contributed by atoms with Gasteiger partial charge in [-0.25, -0.2) is 0 Å². The highest BCUT2D eigenvalue weighted by molar-refractivity contribution is 6.32. The van der Waals surface area contributed by atoms with E-state index in [0.717, 1.165) is 0 Å². The molecule has 196 valence electrons. The van der Waals surface area contributed by atoms with Gasteiger partial charge in [-0.2, -0.15) is 0 Å². The average molecular weight is 530 g/mol. The first kappa shape index (κ1) is 25.5. The lowest BCUT2D eigenvalue weighted by Crippen LogP contribution is -2.65. The number of aromatic hydroxyl groups is 1. The predicted octanol–water partition coefficient (Wildman–Crippen LogP) is 0.989. The van der Waals surface area contributed by atoms with E-state index < -0.39 is 58.0 Å². The Labute approximate surface area is 217 Å². The predicted molar refractivity (Wildman–Crippen MR) is 134 cm³/mol. The Kier molecular flexibility index (Phi) is 5.99. The largest absolute Gasteiger partial charge is 0.508 e. The SMILES string of the molecule is CN(C)[C@@H]1C(=O)C(C(N)=O)=C(O)[C@@]2(O)C(=O)C3=C(O)c4c(O)c(CN5CC=CC5)cc(Cl)c4CC3CC12. The standard InChI is InChI=1S/C26H28ClN3O7/c1-29(2)19-14-8-11-7-13-15(27)9-12(10-30-5-3-4-6-30)20(31)17(13)21(32)16(11)23(34)26(14,37)24(35)18(22(19)33)25(28)36/h3-4,9,11,14,19,31-32,35,37H,5-8,10H2,1-2H3,(H2,28,36)/t11?,14?,19-,26-/m0/s1. The van der Waals surface area contributed by atoms with Crippen molar-refractivity contribution in [1.82, 2.24) is 9.80 Å². The number of likely N-dealkylation sites (N-methyl/N-ethyl adjacent to an activating group) is 1. The number of benzene rings is 1. The van der Waals surface area contributed by atoms with Crippen LogP contribution in [-0.4, -0.2) is 86.5 Å². The van der Waals surface area contributed by atoms with E-state index in [1.54, 1.807) is 20.2 Å². The van der Waals surface area contributed by atoms with Crippen molar-refractivity contribution in [2.45, 2.75) is 31.0 Å². The first-order chi connectivity index (χ1) is 17.4. The summed E-state index contributed by atoms with van der Waals surface area (Å²) in [5.74, 6) is -6.76. The number of Topliss-reactive ketones (excluding diaryl/α,β-unsaturated/α-hetero) is 2.